The van der Waals surface area contributed by atoms with Crippen LogP contribution in [0.3, 0.4) is 0 Å². The van der Waals surface area contributed by atoms with Crippen LogP contribution in [0, 0.1) is 10.1 Å². The van der Waals surface area contributed by atoms with Gasteiger partial charge in [-0.05, 0) is 56.5 Å². The predicted octanol–water partition coefficient (Wildman–Crippen LogP) is 5.76. The maximum absolute atomic E-state index is 11.8. The first-order valence-electron chi connectivity index (χ1n) is 12.4. The van der Waals surface area contributed by atoms with Crippen molar-refractivity contribution in [2.45, 2.75) is 0 Å². The van der Waals surface area contributed by atoms with Gasteiger partial charge in [-0.3, -0.25) is 10.1 Å². The molecule has 0 saturated heterocycles. The topological polar surface area (TPSA) is 109 Å². The third kappa shape index (κ3) is 3.41. The fourth-order valence-corrected chi connectivity index (χ4v) is 5.97. The summed E-state index contributed by atoms with van der Waals surface area (Å²) < 4.78 is 12.1. The summed E-state index contributed by atoms with van der Waals surface area (Å²) >= 11 is 1.49. The highest BCUT2D eigenvalue weighted by Crippen LogP contribution is 2.36. The van der Waals surface area contributed by atoms with Gasteiger partial charge in [-0.15, -0.1) is 0 Å². The van der Waals surface area contributed by atoms with E-state index in [1.807, 2.05) is 42.5 Å². The summed E-state index contributed by atoms with van der Waals surface area (Å²) in [4.78, 5) is 19.7. The zero-order valence-corrected chi connectivity index (χ0v) is 21.4. The quantitative estimate of drug-likeness (QED) is 0.157. The fraction of sp³-hybridized carbons (Fsp3) is 0.0345. The van der Waals surface area contributed by atoms with Crippen molar-refractivity contribution in [3.05, 3.63) is 101 Å². The molecule has 0 radical (unpaired) electrons. The molecule has 0 fully saturated rings. The van der Waals surface area contributed by atoms with E-state index in [-0.39, 0.29) is 17.4 Å². The van der Waals surface area contributed by atoms with Crippen LogP contribution in [0.25, 0.3) is 54.0 Å². The van der Waals surface area contributed by atoms with E-state index < -0.39 is 0 Å². The molecule has 1 aliphatic rings. The van der Waals surface area contributed by atoms with E-state index in [0.717, 1.165) is 26.6 Å². The molecule has 8 rings (SSSR count). The number of hydrogen-bond donors (Lipinski definition) is 0. The number of rotatable bonds is 4. The fourth-order valence-electron chi connectivity index (χ4n) is 5.05. The van der Waals surface area contributed by atoms with E-state index >= 15 is 0 Å². The van der Waals surface area contributed by atoms with Crippen LogP contribution < -0.4 is 14.3 Å². The molecule has 192 valence electrons. The molecule has 0 amide bonds. The van der Waals surface area contributed by atoms with Gasteiger partial charge in [0.25, 0.3) is 11.5 Å². The van der Waals surface area contributed by atoms with E-state index in [0.29, 0.717) is 38.9 Å². The van der Waals surface area contributed by atoms with Crippen LogP contribution in [0.1, 0.15) is 0 Å². The van der Waals surface area contributed by atoms with E-state index in [9.17, 15) is 10.1 Å². The summed E-state index contributed by atoms with van der Waals surface area (Å²) in [7, 11) is 0. The van der Waals surface area contributed by atoms with E-state index in [2.05, 4.69) is 24.3 Å². The number of tetrazole rings is 1. The van der Waals surface area contributed by atoms with Crippen LogP contribution >= 0.6 is 11.3 Å². The van der Waals surface area contributed by atoms with Crippen LogP contribution in [0.2, 0.25) is 0 Å². The molecule has 0 N–H and O–H groups in total. The second-order valence-corrected chi connectivity index (χ2v) is 10.2. The lowest BCUT2D eigenvalue weighted by atomic mass is 10.1. The number of nitro groups is 1. The summed E-state index contributed by atoms with van der Waals surface area (Å²) in [6, 6.07) is 28.2. The van der Waals surface area contributed by atoms with Gasteiger partial charge in [0.05, 0.1) is 15.0 Å². The maximum Gasteiger partial charge on any atom is 0.365 e. The highest BCUT2D eigenvalue weighted by atomic mass is 32.1. The first-order chi connectivity index (χ1) is 19.6. The highest BCUT2D eigenvalue weighted by Gasteiger charge is 2.28. The van der Waals surface area contributed by atoms with Crippen molar-refractivity contribution < 1.29 is 19.2 Å². The Morgan fingerprint density at radius 3 is 2.55 bits per heavy atom. The number of benzene rings is 5. The zero-order valence-electron chi connectivity index (χ0n) is 20.6. The third-order valence-corrected chi connectivity index (χ3v) is 7.91. The van der Waals surface area contributed by atoms with Gasteiger partial charge in [0.1, 0.15) is 5.69 Å². The van der Waals surface area contributed by atoms with Crippen molar-refractivity contribution in [3.8, 4) is 33.7 Å². The van der Waals surface area contributed by atoms with Crippen molar-refractivity contribution in [3.63, 3.8) is 0 Å². The van der Waals surface area contributed by atoms with Gasteiger partial charge in [-0.25, -0.2) is 0 Å². The molecule has 40 heavy (non-hydrogen) atoms. The predicted molar refractivity (Wildman–Crippen MR) is 149 cm³/mol. The average molecular weight is 546 g/mol. The second-order valence-electron chi connectivity index (χ2n) is 9.21. The smallest absolute Gasteiger partial charge is 0.365 e. The monoisotopic (exact) mass is 545 g/mol. The molecule has 1 aliphatic heterocycles. The molecular formula is C29H17N6O4S+. The molecular weight excluding hydrogens is 528 g/mol. The van der Waals surface area contributed by atoms with Crippen molar-refractivity contribution in [2.75, 3.05) is 6.79 Å². The second kappa shape index (κ2) is 8.55. The number of nitro benzene ring substituents is 1. The molecule has 5 aromatic carbocycles. The van der Waals surface area contributed by atoms with Gasteiger partial charge >= 0.3 is 5.13 Å². The van der Waals surface area contributed by atoms with Gasteiger partial charge < -0.3 is 9.47 Å². The van der Waals surface area contributed by atoms with Crippen LogP contribution in [0.5, 0.6) is 11.5 Å². The summed E-state index contributed by atoms with van der Waals surface area (Å²) in [5, 5.41) is 25.5. The molecule has 10 nitrogen and oxygen atoms in total. The first kappa shape index (κ1) is 22.6. The lowest BCUT2D eigenvalue weighted by Gasteiger charge is -2.05. The molecule has 0 atom stereocenters. The molecule has 2 aromatic heterocycles. The van der Waals surface area contributed by atoms with Crippen molar-refractivity contribution >= 4 is 48.8 Å². The van der Waals surface area contributed by atoms with E-state index in [1.54, 1.807) is 27.8 Å². The van der Waals surface area contributed by atoms with Crippen molar-refractivity contribution in [1.29, 1.82) is 0 Å². The van der Waals surface area contributed by atoms with Crippen LogP contribution in [-0.4, -0.2) is 31.7 Å². The average Bonchev–Trinajstić information content (AvgIpc) is 3.74. The lowest BCUT2D eigenvalue weighted by Crippen LogP contribution is -2.43. The van der Waals surface area contributed by atoms with E-state index in [1.165, 1.54) is 17.4 Å². The number of fused-ring (bicyclic) bond motifs is 5. The normalized spacial score (nSPS) is 12.5. The number of ether oxygens (including phenoxy) is 2. The maximum atomic E-state index is 11.8. The molecule has 11 heteroatoms. The largest absolute Gasteiger partial charge is 0.454 e. The molecule has 0 saturated carbocycles. The number of non-ortho nitro benzene ring substituents is 1. The summed E-state index contributed by atoms with van der Waals surface area (Å²) in [5.41, 5.74) is 2.26. The molecule has 0 aliphatic carbocycles. The molecule has 7 aromatic rings. The van der Waals surface area contributed by atoms with E-state index in [4.69, 9.17) is 24.7 Å². The summed E-state index contributed by atoms with van der Waals surface area (Å²) in [6.45, 7) is 0.162. The Morgan fingerprint density at radius 2 is 1.68 bits per heavy atom. The molecule has 0 unspecified atom stereocenters. The minimum absolute atomic E-state index is 0.0217. The van der Waals surface area contributed by atoms with Gasteiger partial charge in [0.2, 0.25) is 6.79 Å². The molecule has 0 spiro atoms. The first-order valence-corrected chi connectivity index (χ1v) is 13.2. The van der Waals surface area contributed by atoms with Crippen molar-refractivity contribution in [1.82, 2.24) is 20.0 Å². The Labute approximate surface area is 229 Å². The van der Waals surface area contributed by atoms with Gasteiger partial charge in [-0.2, -0.15) is 0 Å². The Bertz CT molecular complexity index is 2150. The zero-order chi connectivity index (χ0) is 26.8. The van der Waals surface area contributed by atoms with Gasteiger partial charge in [-0.1, -0.05) is 64.9 Å². The van der Waals surface area contributed by atoms with Gasteiger partial charge in [0.15, 0.2) is 17.0 Å². The Kier molecular flexibility index (Phi) is 4.82. The number of hydrogen-bond acceptors (Lipinski definition) is 8. The minimum Gasteiger partial charge on any atom is -0.454 e. The Morgan fingerprint density at radius 1 is 0.875 bits per heavy atom. The standard InChI is InChI=1S/C29H17N6O4S/c36-35(37)23-12-11-22(20-7-3-4-8-21(20)23)33-31-28(18-9-13-24-25(15-18)39-16-38-24)32-34(33)29-30-27-19-6-2-1-5-17(19)10-14-26(27)40-29/h1-15H,16H2/q+1. The van der Waals surface area contributed by atoms with Crippen LogP contribution in [0.4, 0.5) is 5.69 Å². The summed E-state index contributed by atoms with van der Waals surface area (Å²) in [5.74, 6) is 1.72. The number of nitrogens with zero attached hydrogens (tertiary/aromatic N) is 6. The van der Waals surface area contributed by atoms with Crippen LogP contribution in [0.15, 0.2) is 91.0 Å². The van der Waals surface area contributed by atoms with Crippen LogP contribution in [-0.2, 0) is 0 Å². The van der Waals surface area contributed by atoms with Gasteiger partial charge in [0, 0.05) is 27.5 Å². The molecule has 0 bridgehead atoms. The summed E-state index contributed by atoms with van der Waals surface area (Å²) in [6.07, 6.45) is 0. The minimum atomic E-state index is -0.377. The lowest BCUT2D eigenvalue weighted by molar-refractivity contribution is -0.733. The number of thiazole rings is 1. The Balaban J connectivity index is 1.39. The van der Waals surface area contributed by atoms with Crippen molar-refractivity contribution in [2.24, 2.45) is 0 Å². The highest BCUT2D eigenvalue weighted by molar-refractivity contribution is 7.20. The SMILES string of the molecule is O=[N+]([O-])c1ccc(-n2nc(-c3ccc4c(c3)OCO4)n[n+]2-c2nc3c(ccc4ccccc43)s2)c2ccccc12. The third-order valence-electron chi connectivity index (χ3n) is 6.92. The number of aromatic nitrogens is 5. The Hall–Kier alpha value is -5.42. The molecule has 3 heterocycles.